The van der Waals surface area contributed by atoms with Crippen LogP contribution in [-0.2, 0) is 37.2 Å². The van der Waals surface area contributed by atoms with Gasteiger partial charge >= 0.3 is 50.9 Å². The molecule has 6 unspecified atom stereocenters. The van der Waals surface area contributed by atoms with Gasteiger partial charge in [0.15, 0.2) is 17.7 Å². The van der Waals surface area contributed by atoms with E-state index in [1.165, 1.54) is 49.6 Å². The summed E-state index contributed by atoms with van der Waals surface area (Å²) in [6, 6.07) is 12.4. The Hall–Kier alpha value is -2.16. The molecule has 260 valence electrons. The minimum Gasteiger partial charge on any atom is -0.402 e. The predicted octanol–water partition coefficient (Wildman–Crippen LogP) is -0.120. The van der Waals surface area contributed by atoms with E-state index in [1.807, 2.05) is 4.98 Å². The molecule has 0 saturated carbocycles. The third-order valence-corrected chi connectivity index (χ3v) is 9.19. The van der Waals surface area contributed by atoms with Crippen molar-refractivity contribution in [3.05, 3.63) is 81.6 Å². The van der Waals surface area contributed by atoms with Crippen molar-refractivity contribution in [2.75, 3.05) is 35.0 Å². The van der Waals surface area contributed by atoms with E-state index in [4.69, 9.17) is 27.6 Å². The molecule has 23 heteroatoms. The van der Waals surface area contributed by atoms with Gasteiger partial charge in [-0.05, 0) is 24.3 Å². The van der Waals surface area contributed by atoms with E-state index in [9.17, 15) is 38.1 Å². The molecule has 0 aliphatic carbocycles. The second-order valence-electron chi connectivity index (χ2n) is 9.62. The van der Waals surface area contributed by atoms with Crippen molar-refractivity contribution in [2.45, 2.75) is 24.5 Å². The molecule has 3 aromatic rings. The van der Waals surface area contributed by atoms with Gasteiger partial charge in [0.2, 0.25) is 11.8 Å². The van der Waals surface area contributed by atoms with Gasteiger partial charge in [-0.3, -0.25) is 42.8 Å². The Bertz CT molecular complexity index is 1850. The molecule has 2 heterocycles. The Morgan fingerprint density at radius 1 is 0.898 bits per heavy atom. The van der Waals surface area contributed by atoms with Gasteiger partial charge in [0.05, 0.1) is 28.6 Å². The molecule has 1 aromatic heterocycles. The van der Waals surface area contributed by atoms with Crippen LogP contribution in [0.2, 0.25) is 0 Å². The molecule has 0 bridgehead atoms. The van der Waals surface area contributed by atoms with E-state index in [0.717, 1.165) is 16.8 Å². The van der Waals surface area contributed by atoms with Gasteiger partial charge in [-0.2, -0.15) is 0 Å². The Morgan fingerprint density at radius 3 is 1.94 bits per heavy atom. The maximum atomic E-state index is 13.4. The van der Waals surface area contributed by atoms with E-state index in [2.05, 4.69) is 42.5 Å². The van der Waals surface area contributed by atoms with Crippen LogP contribution in [0.3, 0.4) is 0 Å². The van der Waals surface area contributed by atoms with Crippen LogP contribution in [0.5, 0.6) is 11.5 Å². The Balaban J connectivity index is 0.00000650. The number of carbonyl (C=O) groups excluding carboxylic acids is 2. The van der Waals surface area contributed by atoms with Crippen LogP contribution in [0.1, 0.15) is 6.23 Å². The second-order valence-corrected chi connectivity index (χ2v) is 13.5. The molecule has 0 radical (unpaired) electrons. The number of nitrogens with one attached hydrogen (secondary N) is 3. The van der Waals surface area contributed by atoms with Crippen molar-refractivity contribution in [2.24, 2.45) is 0 Å². The number of rotatable bonds is 15. The van der Waals surface area contributed by atoms with Gasteiger partial charge < -0.3 is 29.2 Å². The molecule has 2 amide bonds. The third-order valence-electron chi connectivity index (χ3n) is 6.33. The first-order valence-electron chi connectivity index (χ1n) is 13.5. The smallest absolute Gasteiger partial charge is 0.402 e. The quantitative estimate of drug-likeness (QED) is 0.0761. The van der Waals surface area contributed by atoms with Crippen LogP contribution in [0.4, 0.5) is 11.4 Å². The number of hydrogen-bond donors (Lipinski definition) is 5. The molecule has 1 aliphatic heterocycles. The SMILES string of the molecule is COC1C(OP(=O)(O)Oc2ccccc2NC(=O)CBr)C(COP(=O)(O)Oc2ccccc2NC(=O)CBr)OC1n1ccc(=O)[nH]c1=O.[Na+]. The normalized spacial score (nSPS) is 21.0. The average Bonchev–Trinajstić information content (AvgIpc) is 3.37. The molecule has 18 nitrogen and oxygen atoms in total. The summed E-state index contributed by atoms with van der Waals surface area (Å²) in [5, 5.41) is 4.83. The molecule has 49 heavy (non-hydrogen) atoms. The summed E-state index contributed by atoms with van der Waals surface area (Å²) >= 11 is 6.00. The first kappa shape index (κ1) is 41.3. The van der Waals surface area contributed by atoms with Crippen molar-refractivity contribution in [1.82, 2.24) is 9.55 Å². The number of para-hydroxylation sites is 4. The van der Waals surface area contributed by atoms with E-state index in [-0.39, 0.29) is 63.1 Å². The number of benzene rings is 2. The Kier molecular flexibility index (Phi) is 15.5. The number of nitrogens with zero attached hydrogens (tertiary/aromatic N) is 1. The first-order valence-corrected chi connectivity index (χ1v) is 18.8. The van der Waals surface area contributed by atoms with E-state index in [0.29, 0.717) is 0 Å². The molecule has 2 aromatic carbocycles. The van der Waals surface area contributed by atoms with Crippen molar-refractivity contribution >= 4 is 70.7 Å². The number of H-pyrrole nitrogens is 1. The van der Waals surface area contributed by atoms with Crippen LogP contribution in [-0.4, -0.2) is 73.8 Å². The molecule has 5 N–H and O–H groups in total. The van der Waals surface area contributed by atoms with E-state index < -0.39 is 69.9 Å². The number of hydrogen-bond acceptors (Lipinski definition) is 12. The predicted molar refractivity (Wildman–Crippen MR) is 175 cm³/mol. The number of halogens is 2. The summed E-state index contributed by atoms with van der Waals surface area (Å²) in [5.74, 6) is -1.43. The zero-order chi connectivity index (χ0) is 35.1. The fourth-order valence-corrected chi connectivity index (χ4v) is 6.45. The summed E-state index contributed by atoms with van der Waals surface area (Å²) in [6.45, 7) is -0.846. The van der Waals surface area contributed by atoms with Crippen LogP contribution in [0.15, 0.2) is 70.4 Å². The zero-order valence-corrected chi connectivity index (χ0v) is 32.6. The first-order chi connectivity index (χ1) is 22.8. The Morgan fingerprint density at radius 2 is 1.43 bits per heavy atom. The van der Waals surface area contributed by atoms with Crippen LogP contribution in [0.25, 0.3) is 0 Å². The molecule has 0 spiro atoms. The van der Waals surface area contributed by atoms with Gasteiger partial charge in [0.1, 0.15) is 18.3 Å². The minimum atomic E-state index is -5.14. The van der Waals surface area contributed by atoms with E-state index >= 15 is 0 Å². The van der Waals surface area contributed by atoms with Gasteiger partial charge in [0.25, 0.3) is 5.56 Å². The monoisotopic (exact) mass is 863 g/mol. The van der Waals surface area contributed by atoms with Crippen LogP contribution < -0.4 is 60.5 Å². The summed E-state index contributed by atoms with van der Waals surface area (Å²) in [7, 11) is -8.97. The van der Waals surface area contributed by atoms with Crippen molar-refractivity contribution < 1.29 is 85.6 Å². The number of phosphoric ester groups is 2. The second kappa shape index (κ2) is 18.4. The summed E-state index contributed by atoms with van der Waals surface area (Å²) in [4.78, 5) is 71.5. The fraction of sp³-hybridized carbons (Fsp3) is 0.308. The number of carbonyl (C=O) groups is 2. The molecule has 1 aliphatic rings. The van der Waals surface area contributed by atoms with E-state index in [1.54, 1.807) is 6.07 Å². The van der Waals surface area contributed by atoms with Crippen molar-refractivity contribution in [3.63, 3.8) is 0 Å². The van der Waals surface area contributed by atoms with Crippen molar-refractivity contribution in [1.29, 1.82) is 0 Å². The number of aromatic amines is 1. The zero-order valence-electron chi connectivity index (χ0n) is 25.6. The van der Waals surface area contributed by atoms with Gasteiger partial charge in [-0.15, -0.1) is 0 Å². The molecule has 1 fully saturated rings. The maximum Gasteiger partial charge on any atom is 1.00 e. The molecular formula is C26H28Br2N4NaO14P2+. The minimum absolute atomic E-state index is 0. The number of alkyl halides is 2. The number of aromatic nitrogens is 2. The summed E-state index contributed by atoms with van der Waals surface area (Å²) in [5.41, 5.74) is -1.57. The summed E-state index contributed by atoms with van der Waals surface area (Å²) in [6.07, 6.45) is -4.88. The van der Waals surface area contributed by atoms with Crippen LogP contribution in [0, 0.1) is 0 Å². The molecule has 1 saturated heterocycles. The topological polar surface area (TPSA) is 243 Å². The maximum absolute atomic E-state index is 13.4. The standard InChI is InChI=1S/C26H28Br2N4O14P2.Na/c1-41-24-23(46-48(39,40)45-18-9-5-3-7-16(18)30-22(35)13-28)19(43-25(24)32-11-10-20(33)31-26(32)36)14-42-47(37,38)44-17-8-4-2-6-15(17)29-21(34)12-27;/h2-11,19,23-25H,12-14H2,1H3,(H,29,34)(H,30,35)(H,37,38)(H,39,40)(H,31,33,36);/q;+1. The van der Waals surface area contributed by atoms with Gasteiger partial charge in [0, 0.05) is 19.4 Å². The molecule has 4 rings (SSSR count). The molecular weight excluding hydrogens is 837 g/mol. The average molecular weight is 865 g/mol. The Labute approximate surface area is 316 Å². The number of methoxy groups -OCH3 is 1. The number of ether oxygens (including phenoxy) is 2. The third kappa shape index (κ3) is 11.4. The number of amides is 2. The number of phosphoric acid groups is 2. The fourth-order valence-electron chi connectivity index (χ4n) is 4.36. The molecule has 6 atom stereocenters. The van der Waals surface area contributed by atoms with Crippen molar-refractivity contribution in [3.8, 4) is 11.5 Å². The van der Waals surface area contributed by atoms with Crippen LogP contribution >= 0.6 is 47.5 Å². The number of anilines is 2. The van der Waals surface area contributed by atoms with Gasteiger partial charge in [-0.1, -0.05) is 56.1 Å². The van der Waals surface area contributed by atoms with Gasteiger partial charge in [-0.25, -0.2) is 13.9 Å². The largest absolute Gasteiger partial charge is 1.00 e. The summed E-state index contributed by atoms with van der Waals surface area (Å²) < 4.78 is 59.7.